The number of nitrogens with zero attached hydrogens (tertiary/aromatic N) is 1. The van der Waals surface area contributed by atoms with Crippen LogP contribution in [0.2, 0.25) is 0 Å². The van der Waals surface area contributed by atoms with Crippen LogP contribution in [0.4, 0.5) is 0 Å². The molecule has 0 aliphatic rings. The average molecular weight is 552 g/mol. The zero-order valence-corrected chi connectivity index (χ0v) is 21.7. The summed E-state index contributed by atoms with van der Waals surface area (Å²) in [5.74, 6) is -4.96. The van der Waals surface area contributed by atoms with Gasteiger partial charge in [0, 0.05) is 21.5 Å². The molecule has 0 aliphatic heterocycles. The quantitative estimate of drug-likeness (QED) is 0.167. The predicted octanol–water partition coefficient (Wildman–Crippen LogP) is 4.57. The summed E-state index contributed by atoms with van der Waals surface area (Å²) in [6.07, 6.45) is 0. The van der Waals surface area contributed by atoms with E-state index >= 15 is 0 Å². The van der Waals surface area contributed by atoms with Gasteiger partial charge in [0.05, 0.1) is 27.0 Å². The first-order valence-electron chi connectivity index (χ1n) is 11.1. The highest BCUT2D eigenvalue weighted by Gasteiger charge is 2.45. The van der Waals surface area contributed by atoms with E-state index in [-0.39, 0.29) is 0 Å². The molecule has 7 nitrogen and oxygen atoms in total. The van der Waals surface area contributed by atoms with Gasteiger partial charge in [-0.05, 0) is 17.7 Å². The second-order valence-electron chi connectivity index (χ2n) is 7.78. The lowest BCUT2D eigenvalue weighted by atomic mass is 9.80. The lowest BCUT2D eigenvalue weighted by Crippen LogP contribution is -2.41. The second kappa shape index (κ2) is 12.8. The fraction of sp³-hybridized carbons (Fsp3) is 0.214. The van der Waals surface area contributed by atoms with Gasteiger partial charge in [0.2, 0.25) is 0 Å². The van der Waals surface area contributed by atoms with Crippen LogP contribution in [0.25, 0.3) is 0 Å². The number of carbonyl (C=O) groups is 3. The molecule has 0 N–H and O–H groups in total. The molecule has 0 heterocycles. The molecule has 36 heavy (non-hydrogen) atoms. The molecule has 0 aliphatic carbocycles. The summed E-state index contributed by atoms with van der Waals surface area (Å²) in [7, 11) is 3.58. The van der Waals surface area contributed by atoms with E-state index in [0.717, 1.165) is 15.6 Å². The monoisotopic (exact) mass is 551 g/mol. The molecule has 0 bridgehead atoms. The van der Waals surface area contributed by atoms with Crippen LogP contribution in [0.1, 0.15) is 22.6 Å². The van der Waals surface area contributed by atoms with E-state index < -0.39 is 35.8 Å². The standard InChI is InChI=1S/C28H26BrNO6/c1-34-26(31)23(27(32)35-2)22(18-14-16-21(29)17-15-18)25(28(33)36-3)30-24(19-10-6-4-7-11-19)20-12-8-5-9-13-20/h4-17,22-23,25H,1-3H3/t22-,25-/m0/s1. The van der Waals surface area contributed by atoms with E-state index in [1.807, 2.05) is 60.7 Å². The molecule has 0 saturated heterocycles. The Morgan fingerprint density at radius 2 is 1.11 bits per heavy atom. The Morgan fingerprint density at radius 1 is 0.667 bits per heavy atom. The highest BCUT2D eigenvalue weighted by atomic mass is 79.9. The minimum absolute atomic E-state index is 0.502. The SMILES string of the molecule is COC(=O)C(C(=O)OC)[C@H](c1ccc(Br)cc1)[C@H](N=C(c1ccccc1)c1ccccc1)C(=O)OC. The Morgan fingerprint density at radius 3 is 1.53 bits per heavy atom. The summed E-state index contributed by atoms with van der Waals surface area (Å²) in [5.41, 5.74) is 2.51. The average Bonchev–Trinajstić information content (AvgIpc) is 2.93. The van der Waals surface area contributed by atoms with Crippen LogP contribution in [-0.2, 0) is 28.6 Å². The van der Waals surface area contributed by atoms with Gasteiger partial charge < -0.3 is 14.2 Å². The lowest BCUT2D eigenvalue weighted by Gasteiger charge is -2.28. The van der Waals surface area contributed by atoms with E-state index in [1.54, 1.807) is 24.3 Å². The van der Waals surface area contributed by atoms with Crippen molar-refractivity contribution in [2.75, 3.05) is 21.3 Å². The number of methoxy groups -OCH3 is 3. The van der Waals surface area contributed by atoms with Gasteiger partial charge in [-0.25, -0.2) is 4.79 Å². The zero-order chi connectivity index (χ0) is 26.1. The third-order valence-electron chi connectivity index (χ3n) is 5.67. The van der Waals surface area contributed by atoms with Crippen LogP contribution in [0.5, 0.6) is 0 Å². The summed E-state index contributed by atoms with van der Waals surface area (Å²) in [6, 6.07) is 24.3. The molecule has 0 unspecified atom stereocenters. The van der Waals surface area contributed by atoms with E-state index in [0.29, 0.717) is 11.3 Å². The van der Waals surface area contributed by atoms with Crippen molar-refractivity contribution in [2.24, 2.45) is 10.9 Å². The molecule has 3 aromatic carbocycles. The van der Waals surface area contributed by atoms with Crippen LogP contribution < -0.4 is 0 Å². The van der Waals surface area contributed by atoms with Crippen LogP contribution in [-0.4, -0.2) is 51.0 Å². The Labute approximate surface area is 218 Å². The maximum absolute atomic E-state index is 13.3. The molecular formula is C28H26BrNO6. The topological polar surface area (TPSA) is 91.3 Å². The van der Waals surface area contributed by atoms with Crippen LogP contribution in [0, 0.1) is 5.92 Å². The summed E-state index contributed by atoms with van der Waals surface area (Å²) in [4.78, 5) is 43.9. The third kappa shape index (κ3) is 6.26. The number of esters is 3. The van der Waals surface area contributed by atoms with Crippen molar-refractivity contribution in [3.63, 3.8) is 0 Å². The highest BCUT2D eigenvalue weighted by Crippen LogP contribution is 2.34. The Bertz CT molecular complexity index is 1150. The number of rotatable bonds is 9. The first kappa shape index (κ1) is 26.8. The van der Waals surface area contributed by atoms with Gasteiger partial charge >= 0.3 is 17.9 Å². The molecule has 186 valence electrons. The minimum atomic E-state index is -1.47. The largest absolute Gasteiger partial charge is 0.468 e. The Kier molecular flexibility index (Phi) is 9.53. The minimum Gasteiger partial charge on any atom is -0.468 e. The number of halogens is 1. The van der Waals surface area contributed by atoms with Crippen molar-refractivity contribution in [1.82, 2.24) is 0 Å². The van der Waals surface area contributed by atoms with Gasteiger partial charge in [0.25, 0.3) is 0 Å². The van der Waals surface area contributed by atoms with Crippen molar-refractivity contribution in [2.45, 2.75) is 12.0 Å². The van der Waals surface area contributed by atoms with Crippen LogP contribution in [0.3, 0.4) is 0 Å². The summed E-state index contributed by atoms with van der Waals surface area (Å²) < 4.78 is 15.8. The molecule has 0 saturated carbocycles. The summed E-state index contributed by atoms with van der Waals surface area (Å²) in [5, 5.41) is 0. The number of hydrogen-bond donors (Lipinski definition) is 0. The molecule has 3 aromatic rings. The summed E-state index contributed by atoms with van der Waals surface area (Å²) in [6.45, 7) is 0. The molecule has 0 radical (unpaired) electrons. The van der Waals surface area contributed by atoms with E-state index in [4.69, 9.17) is 19.2 Å². The molecule has 0 amide bonds. The van der Waals surface area contributed by atoms with Gasteiger partial charge in [-0.15, -0.1) is 0 Å². The third-order valence-corrected chi connectivity index (χ3v) is 6.20. The van der Waals surface area contributed by atoms with Gasteiger partial charge in [-0.1, -0.05) is 88.7 Å². The van der Waals surface area contributed by atoms with Gasteiger partial charge in [0.1, 0.15) is 0 Å². The molecule has 0 aromatic heterocycles. The second-order valence-corrected chi connectivity index (χ2v) is 8.69. The number of hydrogen-bond acceptors (Lipinski definition) is 7. The highest BCUT2D eigenvalue weighted by molar-refractivity contribution is 9.10. The normalized spacial score (nSPS) is 12.2. The molecule has 3 rings (SSSR count). The maximum atomic E-state index is 13.3. The molecular weight excluding hydrogens is 526 g/mol. The first-order valence-corrected chi connectivity index (χ1v) is 11.9. The van der Waals surface area contributed by atoms with Crippen molar-refractivity contribution in [3.05, 3.63) is 106 Å². The predicted molar refractivity (Wildman–Crippen MR) is 139 cm³/mol. The first-order chi connectivity index (χ1) is 17.4. The smallest absolute Gasteiger partial charge is 0.331 e. The number of benzene rings is 3. The fourth-order valence-electron chi connectivity index (χ4n) is 3.93. The summed E-state index contributed by atoms with van der Waals surface area (Å²) >= 11 is 3.40. The maximum Gasteiger partial charge on any atom is 0.331 e. The van der Waals surface area contributed by atoms with Crippen molar-refractivity contribution < 1.29 is 28.6 Å². The Balaban J connectivity index is 2.32. The fourth-order valence-corrected chi connectivity index (χ4v) is 4.20. The number of ether oxygens (including phenoxy) is 3. The van der Waals surface area contributed by atoms with Crippen LogP contribution >= 0.6 is 15.9 Å². The van der Waals surface area contributed by atoms with Gasteiger partial charge in [0.15, 0.2) is 12.0 Å². The van der Waals surface area contributed by atoms with Gasteiger partial charge in [-0.2, -0.15) is 0 Å². The molecule has 0 fully saturated rings. The van der Waals surface area contributed by atoms with Crippen molar-refractivity contribution in [1.29, 1.82) is 0 Å². The molecule has 2 atom stereocenters. The number of carbonyl (C=O) groups excluding carboxylic acids is 3. The van der Waals surface area contributed by atoms with E-state index in [9.17, 15) is 14.4 Å². The lowest BCUT2D eigenvalue weighted by molar-refractivity contribution is -0.161. The van der Waals surface area contributed by atoms with Crippen molar-refractivity contribution >= 4 is 39.5 Å². The van der Waals surface area contributed by atoms with E-state index in [1.165, 1.54) is 21.3 Å². The Hall–Kier alpha value is -3.78. The molecule has 8 heteroatoms. The molecule has 0 spiro atoms. The zero-order valence-electron chi connectivity index (χ0n) is 20.1. The number of aliphatic imine (C=N–C) groups is 1. The van der Waals surface area contributed by atoms with Crippen LogP contribution in [0.15, 0.2) is 94.4 Å². The van der Waals surface area contributed by atoms with Crippen molar-refractivity contribution in [3.8, 4) is 0 Å². The van der Waals surface area contributed by atoms with Gasteiger partial charge in [-0.3, -0.25) is 14.6 Å². The van der Waals surface area contributed by atoms with E-state index in [2.05, 4.69) is 15.9 Å².